The number of nitrogens with zero attached hydrogens (tertiary/aromatic N) is 4. The van der Waals surface area contributed by atoms with Gasteiger partial charge >= 0.3 is 0 Å². The smallest absolute Gasteiger partial charge is 0.254 e. The molecule has 0 saturated carbocycles. The molecule has 152 valence electrons. The molecule has 0 spiro atoms. The zero-order chi connectivity index (χ0) is 20.7. The molecule has 0 aliphatic carbocycles. The van der Waals surface area contributed by atoms with Crippen molar-refractivity contribution in [2.45, 2.75) is 19.4 Å². The molecule has 0 radical (unpaired) electrons. The Morgan fingerprint density at radius 2 is 2.03 bits per heavy atom. The summed E-state index contributed by atoms with van der Waals surface area (Å²) in [4.78, 5) is 20.2. The third-order valence-corrected chi connectivity index (χ3v) is 5.59. The number of pyridine rings is 1. The van der Waals surface area contributed by atoms with Gasteiger partial charge in [-0.1, -0.05) is 18.2 Å². The second-order valence-electron chi connectivity index (χ2n) is 7.69. The lowest BCUT2D eigenvalue weighted by Crippen LogP contribution is -2.31. The largest absolute Gasteiger partial charge is 0.463 e. The van der Waals surface area contributed by atoms with Crippen LogP contribution in [-0.4, -0.2) is 44.7 Å². The molecule has 7 nitrogen and oxygen atoms in total. The molecule has 1 aromatic carbocycles. The molecule has 4 aromatic rings. The molecule has 7 heteroatoms. The van der Waals surface area contributed by atoms with E-state index in [9.17, 15) is 4.79 Å². The monoisotopic (exact) mass is 401 g/mol. The van der Waals surface area contributed by atoms with Gasteiger partial charge in [0.2, 0.25) is 0 Å². The minimum atomic E-state index is 0.00340. The SMILES string of the molecule is Cc1nn(C)c2nc(-c3ccco3)cc(C(=O)N3CCC(Nc4ccccc4)C3)c12. The van der Waals surface area contributed by atoms with Crippen molar-refractivity contribution >= 4 is 22.6 Å². The Hall–Kier alpha value is -3.61. The van der Waals surface area contributed by atoms with E-state index in [-0.39, 0.29) is 11.9 Å². The van der Waals surface area contributed by atoms with Gasteiger partial charge in [-0.15, -0.1) is 0 Å². The van der Waals surface area contributed by atoms with Gasteiger partial charge in [-0.2, -0.15) is 5.10 Å². The van der Waals surface area contributed by atoms with E-state index >= 15 is 0 Å². The Morgan fingerprint density at radius 3 is 2.80 bits per heavy atom. The maximum absolute atomic E-state index is 13.5. The minimum Gasteiger partial charge on any atom is -0.463 e. The van der Waals surface area contributed by atoms with Crippen molar-refractivity contribution in [3.8, 4) is 11.5 Å². The van der Waals surface area contributed by atoms with Crippen LogP contribution in [-0.2, 0) is 7.05 Å². The van der Waals surface area contributed by atoms with Crippen LogP contribution in [0.15, 0.2) is 59.2 Å². The summed E-state index contributed by atoms with van der Waals surface area (Å²) >= 11 is 0. The summed E-state index contributed by atoms with van der Waals surface area (Å²) in [6.45, 7) is 3.28. The fourth-order valence-electron chi connectivity index (χ4n) is 4.17. The number of aromatic nitrogens is 3. The highest BCUT2D eigenvalue weighted by molar-refractivity contribution is 6.07. The first-order valence-corrected chi connectivity index (χ1v) is 10.1. The fraction of sp³-hybridized carbons (Fsp3) is 0.261. The van der Waals surface area contributed by atoms with E-state index in [1.165, 1.54) is 0 Å². The molecule has 1 aliphatic heterocycles. The van der Waals surface area contributed by atoms with Gasteiger partial charge in [0.25, 0.3) is 5.91 Å². The second-order valence-corrected chi connectivity index (χ2v) is 7.69. The molecule has 1 fully saturated rings. The molecule has 0 bridgehead atoms. The van der Waals surface area contributed by atoms with E-state index in [0.717, 1.165) is 23.2 Å². The van der Waals surface area contributed by atoms with Gasteiger partial charge in [0.15, 0.2) is 11.4 Å². The van der Waals surface area contributed by atoms with Crippen molar-refractivity contribution in [1.29, 1.82) is 0 Å². The molecule has 1 amide bonds. The maximum atomic E-state index is 13.5. The van der Waals surface area contributed by atoms with Crippen LogP contribution in [0.5, 0.6) is 0 Å². The Balaban J connectivity index is 1.47. The number of nitrogens with one attached hydrogen (secondary N) is 1. The highest BCUT2D eigenvalue weighted by Gasteiger charge is 2.29. The first kappa shape index (κ1) is 18.4. The molecule has 5 rings (SSSR count). The number of furan rings is 1. The van der Waals surface area contributed by atoms with E-state index in [4.69, 9.17) is 9.40 Å². The Labute approximate surface area is 174 Å². The van der Waals surface area contributed by atoms with Crippen LogP contribution in [0.4, 0.5) is 5.69 Å². The fourth-order valence-corrected chi connectivity index (χ4v) is 4.17. The number of carbonyl (C=O) groups is 1. The second kappa shape index (κ2) is 7.33. The quantitative estimate of drug-likeness (QED) is 0.562. The first-order valence-electron chi connectivity index (χ1n) is 10.1. The van der Waals surface area contributed by atoms with E-state index < -0.39 is 0 Å². The molecular formula is C23H23N5O2. The lowest BCUT2D eigenvalue weighted by atomic mass is 10.1. The molecule has 1 aliphatic rings. The Morgan fingerprint density at radius 1 is 1.20 bits per heavy atom. The number of aryl methyl sites for hydroxylation is 2. The van der Waals surface area contributed by atoms with Gasteiger partial charge in [0.1, 0.15) is 5.69 Å². The highest BCUT2D eigenvalue weighted by Crippen LogP contribution is 2.29. The molecule has 1 saturated heterocycles. The van der Waals surface area contributed by atoms with Crippen molar-refractivity contribution in [2.24, 2.45) is 7.05 Å². The van der Waals surface area contributed by atoms with Gasteiger partial charge in [-0.25, -0.2) is 4.98 Å². The van der Waals surface area contributed by atoms with E-state index in [2.05, 4.69) is 10.4 Å². The highest BCUT2D eigenvalue weighted by atomic mass is 16.3. The summed E-state index contributed by atoms with van der Waals surface area (Å²) in [6, 6.07) is 15.8. The van der Waals surface area contributed by atoms with Crippen molar-refractivity contribution < 1.29 is 9.21 Å². The number of carbonyl (C=O) groups excluding carboxylic acids is 1. The maximum Gasteiger partial charge on any atom is 0.254 e. The first-order chi connectivity index (χ1) is 14.6. The number of anilines is 1. The number of rotatable bonds is 4. The normalized spacial score (nSPS) is 16.3. The van der Waals surface area contributed by atoms with Crippen LogP contribution in [0.1, 0.15) is 22.5 Å². The van der Waals surface area contributed by atoms with E-state index in [0.29, 0.717) is 35.8 Å². The molecule has 30 heavy (non-hydrogen) atoms. The molecular weight excluding hydrogens is 378 g/mol. The summed E-state index contributed by atoms with van der Waals surface area (Å²) in [5.74, 6) is 0.638. The number of benzene rings is 1. The number of hydrogen-bond acceptors (Lipinski definition) is 5. The molecule has 1 N–H and O–H groups in total. The van der Waals surface area contributed by atoms with Crippen LogP contribution >= 0.6 is 0 Å². The average Bonchev–Trinajstić information content (AvgIpc) is 3.50. The van der Waals surface area contributed by atoms with Crippen molar-refractivity contribution in [1.82, 2.24) is 19.7 Å². The van der Waals surface area contributed by atoms with Gasteiger partial charge in [0.05, 0.1) is 22.9 Å². The summed E-state index contributed by atoms with van der Waals surface area (Å²) in [7, 11) is 1.85. The van der Waals surface area contributed by atoms with Gasteiger partial charge in [-0.05, 0) is 43.7 Å². The third-order valence-electron chi connectivity index (χ3n) is 5.59. The third kappa shape index (κ3) is 3.22. The van der Waals surface area contributed by atoms with Gasteiger partial charge in [-0.3, -0.25) is 9.48 Å². The zero-order valence-electron chi connectivity index (χ0n) is 17.0. The molecule has 3 aromatic heterocycles. The topological polar surface area (TPSA) is 76.2 Å². The molecule has 1 atom stereocenters. The lowest BCUT2D eigenvalue weighted by Gasteiger charge is -2.18. The summed E-state index contributed by atoms with van der Waals surface area (Å²) in [5, 5.41) is 8.82. The minimum absolute atomic E-state index is 0.00340. The number of para-hydroxylation sites is 1. The van der Waals surface area contributed by atoms with Gasteiger partial charge < -0.3 is 14.6 Å². The summed E-state index contributed by atoms with van der Waals surface area (Å²) in [5.41, 5.74) is 3.82. The van der Waals surface area contributed by atoms with Crippen molar-refractivity contribution in [3.63, 3.8) is 0 Å². The Kier molecular flexibility index (Phi) is 4.50. The zero-order valence-corrected chi connectivity index (χ0v) is 17.0. The van der Waals surface area contributed by atoms with E-state index in [1.807, 2.05) is 67.4 Å². The Bertz CT molecular complexity index is 1200. The average molecular weight is 401 g/mol. The van der Waals surface area contributed by atoms with Crippen LogP contribution < -0.4 is 5.32 Å². The molecule has 1 unspecified atom stereocenters. The van der Waals surface area contributed by atoms with E-state index in [1.54, 1.807) is 10.9 Å². The number of amides is 1. The lowest BCUT2D eigenvalue weighted by molar-refractivity contribution is 0.0793. The van der Waals surface area contributed by atoms with Crippen LogP contribution in [0.2, 0.25) is 0 Å². The van der Waals surface area contributed by atoms with Crippen LogP contribution in [0.25, 0.3) is 22.5 Å². The predicted octanol–water partition coefficient (Wildman–Crippen LogP) is 3.86. The van der Waals surface area contributed by atoms with Crippen molar-refractivity contribution in [3.05, 3.63) is 66.1 Å². The molecule has 4 heterocycles. The summed E-state index contributed by atoms with van der Waals surface area (Å²) in [6.07, 6.45) is 2.52. The number of hydrogen-bond donors (Lipinski definition) is 1. The van der Waals surface area contributed by atoms with Gasteiger partial charge in [0, 0.05) is 31.9 Å². The van der Waals surface area contributed by atoms with Crippen molar-refractivity contribution in [2.75, 3.05) is 18.4 Å². The van der Waals surface area contributed by atoms with Crippen LogP contribution in [0.3, 0.4) is 0 Å². The number of likely N-dealkylation sites (tertiary alicyclic amines) is 1. The number of fused-ring (bicyclic) bond motifs is 1. The van der Waals surface area contributed by atoms with Crippen LogP contribution in [0, 0.1) is 6.92 Å². The summed E-state index contributed by atoms with van der Waals surface area (Å²) < 4.78 is 7.25. The standard InChI is InChI=1S/C23H23N5O2/c1-15-21-18(13-19(20-9-6-12-30-20)25-22(21)27(2)26-15)23(29)28-11-10-17(14-28)24-16-7-4-3-5-8-16/h3-9,12-13,17,24H,10-11,14H2,1-2H3. The predicted molar refractivity (Wildman–Crippen MR) is 115 cm³/mol.